The molecule has 1 unspecified atom stereocenters. The molecule has 0 aromatic heterocycles. The van der Waals surface area contributed by atoms with Gasteiger partial charge < -0.3 is 4.90 Å². The Morgan fingerprint density at radius 2 is 1.55 bits per heavy atom. The van der Waals surface area contributed by atoms with Crippen LogP contribution in [0.4, 0.5) is 4.79 Å². The Morgan fingerprint density at radius 3 is 2.05 bits per heavy atom. The van der Waals surface area contributed by atoms with Crippen molar-refractivity contribution in [3.05, 3.63) is 35.9 Å². The molecule has 0 radical (unpaired) electrons. The zero-order valence-electron chi connectivity index (χ0n) is 14.0. The summed E-state index contributed by atoms with van der Waals surface area (Å²) in [5.41, 5.74) is 1.06. The molecule has 22 heavy (non-hydrogen) atoms. The van der Waals surface area contributed by atoms with Gasteiger partial charge in [-0.15, -0.1) is 0 Å². The zero-order chi connectivity index (χ0) is 16.3. The number of hydrogen-bond acceptors (Lipinski definition) is 2. The molecule has 0 spiro atoms. The average molecular weight is 318 g/mol. The largest absolute Gasteiger partial charge is 0.319 e. The highest BCUT2D eigenvalue weighted by Gasteiger charge is 2.51. The van der Waals surface area contributed by atoms with E-state index >= 15 is 0 Å². The Bertz CT molecular complexity index is 535. The van der Waals surface area contributed by atoms with Crippen LogP contribution in [-0.2, 0) is 11.3 Å². The van der Waals surface area contributed by atoms with Crippen LogP contribution in [-0.4, -0.2) is 35.7 Å². The van der Waals surface area contributed by atoms with Crippen molar-refractivity contribution in [1.82, 2.24) is 9.47 Å². The summed E-state index contributed by atoms with van der Waals surface area (Å²) < 4.78 is 1.67. The molecule has 1 atom stereocenters. The van der Waals surface area contributed by atoms with Crippen LogP contribution in [0.25, 0.3) is 0 Å². The van der Waals surface area contributed by atoms with Crippen LogP contribution < -0.4 is 0 Å². The lowest BCUT2D eigenvalue weighted by Gasteiger charge is -2.36. The molecule has 1 aliphatic heterocycles. The second-order valence-electron chi connectivity index (χ2n) is 6.03. The molecular weight excluding hydrogens is 292 g/mol. The topological polar surface area (TPSA) is 40.6 Å². The van der Waals surface area contributed by atoms with E-state index in [-0.39, 0.29) is 18.0 Å². The molecule has 0 N–H and O–H groups in total. The summed E-state index contributed by atoms with van der Waals surface area (Å²) in [6.45, 7) is 8.70. The molecule has 0 saturated carbocycles. The number of rotatable bonds is 6. The third kappa shape index (κ3) is 2.69. The third-order valence-electron chi connectivity index (χ3n) is 5.13. The number of carbonyl (C=O) groups is 2. The van der Waals surface area contributed by atoms with E-state index in [1.54, 1.807) is 9.47 Å². The van der Waals surface area contributed by atoms with Crippen molar-refractivity contribution < 1.29 is 9.59 Å². The minimum atomic E-state index is -2.02. The van der Waals surface area contributed by atoms with Crippen molar-refractivity contribution in [1.29, 1.82) is 0 Å². The second-order valence-corrected chi connectivity index (χ2v) is 11.0. The van der Waals surface area contributed by atoms with E-state index in [1.807, 2.05) is 37.3 Å². The second kappa shape index (κ2) is 6.65. The van der Waals surface area contributed by atoms with Gasteiger partial charge in [-0.25, -0.2) is 4.79 Å². The molecule has 5 heteroatoms. The van der Waals surface area contributed by atoms with Crippen molar-refractivity contribution in [2.24, 2.45) is 0 Å². The van der Waals surface area contributed by atoms with Crippen LogP contribution in [0.5, 0.6) is 0 Å². The molecule has 1 heterocycles. The maximum Gasteiger partial charge on any atom is 0.319 e. The van der Waals surface area contributed by atoms with Gasteiger partial charge in [0.15, 0.2) is 8.24 Å². The minimum Gasteiger partial charge on any atom is -0.309 e. The maximum absolute atomic E-state index is 12.9. The van der Waals surface area contributed by atoms with Crippen molar-refractivity contribution >= 4 is 20.2 Å². The molecule has 0 bridgehead atoms. The van der Waals surface area contributed by atoms with Gasteiger partial charge in [-0.2, -0.15) is 0 Å². The minimum absolute atomic E-state index is 0.00172. The van der Waals surface area contributed by atoms with Crippen molar-refractivity contribution in [2.75, 3.05) is 0 Å². The third-order valence-corrected chi connectivity index (χ3v) is 10.4. The fraction of sp³-hybridized carbons (Fsp3) is 0.529. The monoisotopic (exact) mass is 318 g/mol. The predicted molar refractivity (Wildman–Crippen MR) is 90.9 cm³/mol. The summed E-state index contributed by atoms with van der Waals surface area (Å²) in [4.78, 5) is 27.4. The van der Waals surface area contributed by atoms with Gasteiger partial charge in [-0.3, -0.25) is 9.36 Å². The molecule has 1 aromatic carbocycles. The van der Waals surface area contributed by atoms with E-state index in [4.69, 9.17) is 0 Å². The summed E-state index contributed by atoms with van der Waals surface area (Å²) in [5.74, 6) is -0.00172. The van der Waals surface area contributed by atoms with E-state index in [0.29, 0.717) is 6.54 Å². The van der Waals surface area contributed by atoms with Gasteiger partial charge in [-0.05, 0) is 30.6 Å². The van der Waals surface area contributed by atoms with E-state index in [1.165, 1.54) is 0 Å². The molecule has 0 aliphatic carbocycles. The number of benzene rings is 1. The van der Waals surface area contributed by atoms with E-state index < -0.39 is 8.24 Å². The molecule has 1 aromatic rings. The highest BCUT2D eigenvalue weighted by Crippen LogP contribution is 2.32. The molecule has 1 fully saturated rings. The quantitative estimate of drug-likeness (QED) is 0.590. The van der Waals surface area contributed by atoms with Crippen LogP contribution >= 0.6 is 0 Å². The molecule has 4 nitrogen and oxygen atoms in total. The standard InChI is InChI=1S/C17H26N2O2Si/c1-5-22(6-2,7-3)19-16(20)14(4)18(17(19)21)13-15-11-9-8-10-12-15/h8-12,14H,5-7,13H2,1-4H3. The summed E-state index contributed by atoms with van der Waals surface area (Å²) in [6.07, 6.45) is 0. The molecule has 120 valence electrons. The fourth-order valence-corrected chi connectivity index (χ4v) is 6.99. The predicted octanol–water partition coefficient (Wildman–Crippen LogP) is 3.84. The molecule has 1 saturated heterocycles. The highest BCUT2D eigenvalue weighted by molar-refractivity contribution is 6.81. The van der Waals surface area contributed by atoms with Crippen LogP contribution in [0, 0.1) is 0 Å². The first-order valence-corrected chi connectivity index (χ1v) is 10.8. The molecular formula is C17H26N2O2Si. The number of hydrogen-bond donors (Lipinski definition) is 0. The first-order valence-electron chi connectivity index (χ1n) is 8.19. The lowest BCUT2D eigenvalue weighted by atomic mass is 10.2. The fourth-order valence-electron chi connectivity index (χ4n) is 3.35. The van der Waals surface area contributed by atoms with E-state index in [0.717, 1.165) is 23.7 Å². The van der Waals surface area contributed by atoms with Crippen molar-refractivity contribution in [2.45, 2.75) is 58.4 Å². The lowest BCUT2D eigenvalue weighted by Crippen LogP contribution is -2.55. The van der Waals surface area contributed by atoms with E-state index in [2.05, 4.69) is 20.8 Å². The molecule has 1 aliphatic rings. The SMILES string of the molecule is CC[Si](CC)(CC)N1C(=O)C(C)N(Cc2ccccc2)C1=O. The normalized spacial score (nSPS) is 19.2. The van der Waals surface area contributed by atoms with Gasteiger partial charge in [0.25, 0.3) is 0 Å². The van der Waals surface area contributed by atoms with Crippen LogP contribution in [0.1, 0.15) is 33.3 Å². The molecule has 3 amide bonds. The van der Waals surface area contributed by atoms with Gasteiger partial charge in [-0.1, -0.05) is 51.1 Å². The van der Waals surface area contributed by atoms with Gasteiger partial charge >= 0.3 is 6.03 Å². The number of imide groups is 1. The number of carbonyl (C=O) groups excluding carboxylic acids is 2. The maximum atomic E-state index is 12.9. The Labute approximate surface area is 134 Å². The highest BCUT2D eigenvalue weighted by atomic mass is 28.3. The molecule has 2 rings (SSSR count). The Hall–Kier alpha value is -1.62. The van der Waals surface area contributed by atoms with Crippen LogP contribution in [0.3, 0.4) is 0 Å². The van der Waals surface area contributed by atoms with Gasteiger partial charge in [0.1, 0.15) is 6.04 Å². The Morgan fingerprint density at radius 1 is 1.00 bits per heavy atom. The lowest BCUT2D eigenvalue weighted by molar-refractivity contribution is -0.125. The first-order chi connectivity index (χ1) is 10.5. The van der Waals surface area contributed by atoms with E-state index in [9.17, 15) is 9.59 Å². The van der Waals surface area contributed by atoms with Crippen LogP contribution in [0.2, 0.25) is 18.1 Å². The summed E-state index contributed by atoms with van der Waals surface area (Å²) >= 11 is 0. The van der Waals surface area contributed by atoms with Gasteiger partial charge in [0.2, 0.25) is 5.91 Å². The number of urea groups is 1. The number of nitrogens with zero attached hydrogens (tertiary/aromatic N) is 2. The zero-order valence-corrected chi connectivity index (χ0v) is 15.0. The Kier molecular flexibility index (Phi) is 5.06. The van der Waals surface area contributed by atoms with Gasteiger partial charge in [0.05, 0.1) is 0 Å². The number of amides is 3. The summed E-state index contributed by atoms with van der Waals surface area (Å²) in [7, 11) is -2.02. The van der Waals surface area contributed by atoms with Crippen LogP contribution in [0.15, 0.2) is 30.3 Å². The van der Waals surface area contributed by atoms with Crippen molar-refractivity contribution in [3.63, 3.8) is 0 Å². The first kappa shape index (κ1) is 16.7. The smallest absolute Gasteiger partial charge is 0.309 e. The Balaban J connectivity index is 2.29. The summed E-state index contributed by atoms with van der Waals surface area (Å²) in [6, 6.07) is 12.2. The summed E-state index contributed by atoms with van der Waals surface area (Å²) in [5, 5.41) is 0. The van der Waals surface area contributed by atoms with Crippen molar-refractivity contribution in [3.8, 4) is 0 Å². The van der Waals surface area contributed by atoms with Gasteiger partial charge in [0, 0.05) is 6.54 Å². The average Bonchev–Trinajstić information content (AvgIpc) is 2.76.